The van der Waals surface area contributed by atoms with E-state index in [0.29, 0.717) is 18.9 Å². The van der Waals surface area contributed by atoms with E-state index in [0.717, 1.165) is 25.0 Å². The monoisotopic (exact) mass is 300 g/mol. The molecule has 1 heterocycles. The summed E-state index contributed by atoms with van der Waals surface area (Å²) in [5.74, 6) is -0.0997. The molecule has 1 saturated heterocycles. The van der Waals surface area contributed by atoms with Crippen LogP contribution in [0.25, 0.3) is 0 Å². The predicted octanol–water partition coefficient (Wildman–Crippen LogP) is 1.25. The number of rotatable bonds is 4. The van der Waals surface area contributed by atoms with E-state index in [9.17, 15) is 12.8 Å². The molecule has 2 atom stereocenters. The van der Waals surface area contributed by atoms with Crippen molar-refractivity contribution in [3.05, 3.63) is 24.0 Å². The molecule has 0 bridgehead atoms. The maximum Gasteiger partial charge on any atom is 0.242 e. The summed E-state index contributed by atoms with van der Waals surface area (Å²) in [7, 11) is -3.75. The molecule has 5 nitrogen and oxygen atoms in total. The Hall–Kier alpha value is -1.18. The maximum absolute atomic E-state index is 13.0. The number of nitrogens with two attached hydrogens (primary N) is 1. The second kappa shape index (κ2) is 4.98. The lowest BCUT2D eigenvalue weighted by Crippen LogP contribution is -2.41. The van der Waals surface area contributed by atoms with E-state index >= 15 is 0 Å². The molecule has 1 aliphatic heterocycles. The van der Waals surface area contributed by atoms with Gasteiger partial charge < -0.3 is 10.5 Å². The van der Waals surface area contributed by atoms with Crippen molar-refractivity contribution in [1.82, 2.24) is 4.72 Å². The summed E-state index contributed by atoms with van der Waals surface area (Å²) in [5.41, 5.74) is 5.51. The van der Waals surface area contributed by atoms with E-state index < -0.39 is 15.8 Å². The molecule has 3 N–H and O–H groups in total. The first kappa shape index (κ1) is 13.8. The van der Waals surface area contributed by atoms with Crippen molar-refractivity contribution in [3.8, 4) is 0 Å². The van der Waals surface area contributed by atoms with Crippen LogP contribution in [-0.4, -0.2) is 27.2 Å². The third-order valence-electron chi connectivity index (χ3n) is 3.79. The van der Waals surface area contributed by atoms with Crippen molar-refractivity contribution in [2.75, 3.05) is 12.3 Å². The van der Waals surface area contributed by atoms with Gasteiger partial charge in [-0.2, -0.15) is 0 Å². The molecule has 1 aromatic carbocycles. The summed E-state index contributed by atoms with van der Waals surface area (Å²) in [5, 5.41) is 0. The van der Waals surface area contributed by atoms with Crippen LogP contribution in [-0.2, 0) is 14.8 Å². The average molecular weight is 300 g/mol. The van der Waals surface area contributed by atoms with Crippen LogP contribution in [0.1, 0.15) is 19.3 Å². The van der Waals surface area contributed by atoms with E-state index in [4.69, 9.17) is 10.5 Å². The number of hydrogen-bond donors (Lipinski definition) is 2. The normalized spacial score (nSPS) is 26.9. The minimum absolute atomic E-state index is 0.0496. The Balaban J connectivity index is 1.81. The predicted molar refractivity (Wildman–Crippen MR) is 72.0 cm³/mol. The summed E-state index contributed by atoms with van der Waals surface area (Å²) >= 11 is 0. The number of benzene rings is 1. The molecule has 20 heavy (non-hydrogen) atoms. The molecule has 2 unspecified atom stereocenters. The molecule has 0 amide bonds. The molecule has 1 aliphatic carbocycles. The second-order valence-corrected chi connectivity index (χ2v) is 7.05. The molecule has 0 spiro atoms. The van der Waals surface area contributed by atoms with Crippen molar-refractivity contribution >= 4 is 15.7 Å². The van der Waals surface area contributed by atoms with E-state index in [2.05, 4.69) is 4.72 Å². The molecule has 2 aliphatic rings. The number of halogens is 1. The van der Waals surface area contributed by atoms with Crippen LogP contribution < -0.4 is 10.5 Å². The van der Waals surface area contributed by atoms with Crippen molar-refractivity contribution < 1.29 is 17.5 Å². The van der Waals surface area contributed by atoms with Crippen molar-refractivity contribution in [1.29, 1.82) is 0 Å². The quantitative estimate of drug-likeness (QED) is 0.820. The lowest BCUT2D eigenvalue weighted by molar-refractivity contribution is 0.0848. The van der Waals surface area contributed by atoms with Crippen LogP contribution in [0, 0.1) is 11.7 Å². The number of sulfonamides is 1. The highest BCUT2D eigenvalue weighted by molar-refractivity contribution is 7.89. The van der Waals surface area contributed by atoms with Crippen LogP contribution in [0.4, 0.5) is 10.1 Å². The topological polar surface area (TPSA) is 81.4 Å². The third kappa shape index (κ3) is 2.65. The zero-order valence-electron chi connectivity index (χ0n) is 10.9. The Morgan fingerprint density at radius 2 is 2.05 bits per heavy atom. The molecule has 3 rings (SSSR count). The average Bonchev–Trinajstić information content (AvgIpc) is 3.10. The van der Waals surface area contributed by atoms with Crippen LogP contribution in [0.15, 0.2) is 23.1 Å². The molecule has 1 saturated carbocycles. The molecule has 0 radical (unpaired) electrons. The Morgan fingerprint density at radius 1 is 1.30 bits per heavy atom. The maximum atomic E-state index is 13.0. The van der Waals surface area contributed by atoms with Crippen molar-refractivity contribution in [2.24, 2.45) is 5.92 Å². The van der Waals surface area contributed by atoms with Gasteiger partial charge in [-0.05, 0) is 43.4 Å². The Morgan fingerprint density at radius 3 is 2.70 bits per heavy atom. The SMILES string of the molecule is Nc1cc(F)ccc1S(=O)(=O)NC1CCOC1C1CC1. The Labute approximate surface area is 117 Å². The van der Waals surface area contributed by atoms with Gasteiger partial charge in [0.25, 0.3) is 0 Å². The fraction of sp³-hybridized carbons (Fsp3) is 0.538. The number of anilines is 1. The van der Waals surface area contributed by atoms with E-state index in [1.54, 1.807) is 0 Å². The summed E-state index contributed by atoms with van der Waals surface area (Å²) < 4.78 is 45.9. The first-order valence-corrected chi connectivity index (χ1v) is 8.14. The van der Waals surface area contributed by atoms with Crippen LogP contribution in [0.5, 0.6) is 0 Å². The zero-order chi connectivity index (χ0) is 14.3. The van der Waals surface area contributed by atoms with Gasteiger partial charge in [0.05, 0.1) is 17.8 Å². The lowest BCUT2D eigenvalue weighted by Gasteiger charge is -2.20. The lowest BCUT2D eigenvalue weighted by atomic mass is 10.1. The number of hydrogen-bond acceptors (Lipinski definition) is 4. The highest BCUT2D eigenvalue weighted by Crippen LogP contribution is 2.39. The molecule has 7 heteroatoms. The van der Waals surface area contributed by atoms with E-state index in [-0.39, 0.29) is 22.7 Å². The summed E-state index contributed by atoms with van der Waals surface area (Å²) in [6.07, 6.45) is 2.77. The van der Waals surface area contributed by atoms with Gasteiger partial charge in [-0.1, -0.05) is 0 Å². The summed E-state index contributed by atoms with van der Waals surface area (Å²) in [6.45, 7) is 0.563. The fourth-order valence-corrected chi connectivity index (χ4v) is 4.05. The highest BCUT2D eigenvalue weighted by atomic mass is 32.2. The molecule has 110 valence electrons. The number of ether oxygens (including phenoxy) is 1. The third-order valence-corrected chi connectivity index (χ3v) is 5.35. The number of nitrogens with one attached hydrogen (secondary N) is 1. The molecule has 0 aromatic heterocycles. The molecular weight excluding hydrogens is 283 g/mol. The van der Waals surface area contributed by atoms with E-state index in [1.807, 2.05) is 0 Å². The van der Waals surface area contributed by atoms with Gasteiger partial charge in [-0.25, -0.2) is 17.5 Å². The van der Waals surface area contributed by atoms with Crippen molar-refractivity contribution in [2.45, 2.75) is 36.3 Å². The van der Waals surface area contributed by atoms with Crippen LogP contribution >= 0.6 is 0 Å². The first-order valence-electron chi connectivity index (χ1n) is 6.66. The van der Waals surface area contributed by atoms with Crippen LogP contribution in [0.3, 0.4) is 0 Å². The first-order chi connectivity index (χ1) is 9.47. The van der Waals surface area contributed by atoms with Gasteiger partial charge in [0.15, 0.2) is 0 Å². The smallest absolute Gasteiger partial charge is 0.242 e. The van der Waals surface area contributed by atoms with Gasteiger partial charge in [0, 0.05) is 6.61 Å². The summed E-state index contributed by atoms with van der Waals surface area (Å²) in [4.78, 5) is -0.0830. The Kier molecular flexibility index (Phi) is 3.43. The van der Waals surface area contributed by atoms with Gasteiger partial charge >= 0.3 is 0 Å². The summed E-state index contributed by atoms with van der Waals surface area (Å²) in [6, 6.07) is 3.07. The Bertz CT molecular complexity index is 616. The molecular formula is C13H17FN2O3S. The van der Waals surface area contributed by atoms with Gasteiger partial charge in [0.1, 0.15) is 10.7 Å². The number of nitrogen functional groups attached to an aromatic ring is 1. The molecule has 1 aromatic rings. The molecule has 2 fully saturated rings. The van der Waals surface area contributed by atoms with Gasteiger partial charge in [-0.15, -0.1) is 0 Å². The zero-order valence-corrected chi connectivity index (χ0v) is 11.7. The standard InChI is InChI=1S/C13H17FN2O3S/c14-9-3-4-12(10(15)7-9)20(17,18)16-11-5-6-19-13(11)8-1-2-8/h3-4,7-8,11,13,16H,1-2,5-6,15H2. The fourth-order valence-electron chi connectivity index (χ4n) is 2.65. The largest absolute Gasteiger partial charge is 0.398 e. The van der Waals surface area contributed by atoms with E-state index in [1.165, 1.54) is 6.07 Å². The minimum atomic E-state index is -3.75. The van der Waals surface area contributed by atoms with Crippen molar-refractivity contribution in [3.63, 3.8) is 0 Å². The van der Waals surface area contributed by atoms with Gasteiger partial charge in [0.2, 0.25) is 10.0 Å². The van der Waals surface area contributed by atoms with Crippen LogP contribution in [0.2, 0.25) is 0 Å². The van der Waals surface area contributed by atoms with Gasteiger partial charge in [-0.3, -0.25) is 0 Å². The highest BCUT2D eigenvalue weighted by Gasteiger charge is 2.42. The second-order valence-electron chi connectivity index (χ2n) is 5.37. The minimum Gasteiger partial charge on any atom is -0.398 e.